The van der Waals surface area contributed by atoms with Gasteiger partial charge in [0, 0.05) is 43.4 Å². The zero-order chi connectivity index (χ0) is 19.9. The van der Waals surface area contributed by atoms with Crippen molar-refractivity contribution in [1.29, 1.82) is 0 Å². The van der Waals surface area contributed by atoms with Crippen molar-refractivity contribution in [3.05, 3.63) is 45.4 Å². The lowest BCUT2D eigenvalue weighted by Crippen LogP contribution is -2.40. The number of guanidine groups is 1. The van der Waals surface area contributed by atoms with Crippen LogP contribution in [0.1, 0.15) is 47.3 Å². The first-order chi connectivity index (χ1) is 13.6. The Morgan fingerprint density at radius 2 is 2.11 bits per heavy atom. The molecule has 0 saturated carbocycles. The minimum absolute atomic E-state index is 0.545. The molecule has 2 heterocycles. The fourth-order valence-corrected chi connectivity index (χ4v) is 4.72. The number of rotatable bonds is 7. The number of thiazole rings is 1. The van der Waals surface area contributed by atoms with Crippen molar-refractivity contribution in [2.45, 2.75) is 46.0 Å². The normalized spacial score (nSPS) is 17.2. The van der Waals surface area contributed by atoms with E-state index in [0.717, 1.165) is 57.2 Å². The maximum atomic E-state index is 5.28. The number of aliphatic imine (C=N–C) groups is 1. The number of benzene rings is 1. The van der Waals surface area contributed by atoms with Gasteiger partial charge in [0.15, 0.2) is 5.96 Å². The molecule has 152 valence electrons. The summed E-state index contributed by atoms with van der Waals surface area (Å²) in [6.07, 6.45) is 3.08. The fraction of sp³-hybridized carbons (Fsp3) is 0.545. The number of aryl methyl sites for hydroxylation is 2. The van der Waals surface area contributed by atoms with Gasteiger partial charge in [-0.25, -0.2) is 4.98 Å². The summed E-state index contributed by atoms with van der Waals surface area (Å²) >= 11 is 1.81. The lowest BCUT2D eigenvalue weighted by Gasteiger charge is -2.21. The summed E-state index contributed by atoms with van der Waals surface area (Å²) < 4.78 is 5.28. The van der Waals surface area contributed by atoms with Gasteiger partial charge in [-0.1, -0.05) is 19.1 Å². The molecule has 1 aliphatic rings. The Bertz CT molecular complexity index is 784. The molecule has 0 amide bonds. The largest absolute Gasteiger partial charge is 0.497 e. The number of hydrogen-bond acceptors (Lipinski definition) is 4. The van der Waals surface area contributed by atoms with Gasteiger partial charge >= 0.3 is 0 Å². The van der Waals surface area contributed by atoms with Crippen LogP contribution in [0.5, 0.6) is 5.75 Å². The lowest BCUT2D eigenvalue weighted by molar-refractivity contribution is 0.414. The minimum atomic E-state index is 0.545. The Kier molecular flexibility index (Phi) is 7.31. The zero-order valence-corrected chi connectivity index (χ0v) is 18.3. The summed E-state index contributed by atoms with van der Waals surface area (Å²) in [7, 11) is 1.71. The molecule has 1 aromatic carbocycles. The second-order valence-electron chi connectivity index (χ2n) is 7.15. The zero-order valence-electron chi connectivity index (χ0n) is 17.5. The van der Waals surface area contributed by atoms with Crippen LogP contribution in [0.4, 0.5) is 0 Å². The monoisotopic (exact) mass is 400 g/mol. The molecule has 5 nitrogen and oxygen atoms in total. The maximum Gasteiger partial charge on any atom is 0.193 e. The average Bonchev–Trinajstić information content (AvgIpc) is 3.34. The Morgan fingerprint density at radius 1 is 1.32 bits per heavy atom. The third kappa shape index (κ3) is 5.04. The smallest absolute Gasteiger partial charge is 0.193 e. The SMILES string of the molecule is CCNC(=NCCc1nc(CC)c(C)s1)N1CCC(c2ccc(OC)cc2)C1. The molecule has 6 heteroatoms. The third-order valence-electron chi connectivity index (χ3n) is 5.27. The van der Waals surface area contributed by atoms with E-state index >= 15 is 0 Å². The number of hydrogen-bond donors (Lipinski definition) is 1. The van der Waals surface area contributed by atoms with Crippen molar-refractivity contribution in [3.63, 3.8) is 0 Å². The van der Waals surface area contributed by atoms with E-state index in [1.54, 1.807) is 7.11 Å². The molecule has 2 aromatic rings. The molecule has 1 unspecified atom stereocenters. The molecule has 3 rings (SSSR count). The highest BCUT2D eigenvalue weighted by Gasteiger charge is 2.26. The third-order valence-corrected chi connectivity index (χ3v) is 6.34. The van der Waals surface area contributed by atoms with Crippen molar-refractivity contribution in [2.24, 2.45) is 4.99 Å². The molecule has 0 bridgehead atoms. The van der Waals surface area contributed by atoms with Gasteiger partial charge in [0.05, 0.1) is 17.8 Å². The van der Waals surface area contributed by atoms with Crippen LogP contribution in [-0.4, -0.2) is 49.1 Å². The van der Waals surface area contributed by atoms with Crippen LogP contribution < -0.4 is 10.1 Å². The Balaban J connectivity index is 1.60. The maximum absolute atomic E-state index is 5.28. The van der Waals surface area contributed by atoms with Gasteiger partial charge in [-0.15, -0.1) is 11.3 Å². The van der Waals surface area contributed by atoms with Crippen molar-refractivity contribution < 1.29 is 4.74 Å². The van der Waals surface area contributed by atoms with Crippen LogP contribution in [0.25, 0.3) is 0 Å². The van der Waals surface area contributed by atoms with Gasteiger partial charge in [0.1, 0.15) is 5.75 Å². The number of methoxy groups -OCH3 is 1. The van der Waals surface area contributed by atoms with Crippen molar-refractivity contribution in [1.82, 2.24) is 15.2 Å². The number of nitrogens with one attached hydrogen (secondary N) is 1. The van der Waals surface area contributed by atoms with Crippen LogP contribution in [-0.2, 0) is 12.8 Å². The topological polar surface area (TPSA) is 49.8 Å². The molecule has 0 aliphatic carbocycles. The van der Waals surface area contributed by atoms with E-state index in [1.807, 2.05) is 11.3 Å². The number of aromatic nitrogens is 1. The quantitative estimate of drug-likeness (QED) is 0.563. The summed E-state index contributed by atoms with van der Waals surface area (Å²) in [6, 6.07) is 8.48. The lowest BCUT2D eigenvalue weighted by atomic mass is 9.98. The predicted octanol–water partition coefficient (Wildman–Crippen LogP) is 4.02. The van der Waals surface area contributed by atoms with Crippen molar-refractivity contribution in [3.8, 4) is 5.75 Å². The van der Waals surface area contributed by atoms with Gasteiger partial charge < -0.3 is 15.0 Å². The van der Waals surface area contributed by atoms with Gasteiger partial charge in [-0.05, 0) is 44.4 Å². The first-order valence-corrected chi connectivity index (χ1v) is 11.1. The number of nitrogens with zero attached hydrogens (tertiary/aromatic N) is 3. The fourth-order valence-electron chi connectivity index (χ4n) is 3.71. The van der Waals surface area contributed by atoms with Crippen LogP contribution in [0, 0.1) is 6.92 Å². The summed E-state index contributed by atoms with van der Waals surface area (Å²) in [5.41, 5.74) is 2.61. The van der Waals surface area contributed by atoms with Crippen LogP contribution in [0.15, 0.2) is 29.3 Å². The summed E-state index contributed by atoms with van der Waals surface area (Å²) in [5, 5.41) is 4.67. The molecule has 1 fully saturated rings. The highest BCUT2D eigenvalue weighted by Crippen LogP contribution is 2.28. The van der Waals surface area contributed by atoms with Gasteiger partial charge in [-0.2, -0.15) is 0 Å². The standard InChI is InChI=1S/C22H32N4OS/c1-5-20-16(3)28-21(25-20)11-13-24-22(23-6-2)26-14-12-18(15-26)17-7-9-19(27-4)10-8-17/h7-10,18H,5-6,11-15H2,1-4H3,(H,23,24). The average molecular weight is 401 g/mol. The highest BCUT2D eigenvalue weighted by atomic mass is 32.1. The first kappa shape index (κ1) is 20.6. The van der Waals surface area contributed by atoms with Crippen molar-refractivity contribution in [2.75, 3.05) is 33.3 Å². The summed E-state index contributed by atoms with van der Waals surface area (Å²) in [5.74, 6) is 2.49. The molecule has 1 N–H and O–H groups in total. The predicted molar refractivity (Wildman–Crippen MR) is 118 cm³/mol. The molecule has 1 saturated heterocycles. The molecule has 0 radical (unpaired) electrons. The van der Waals surface area contributed by atoms with Crippen molar-refractivity contribution >= 4 is 17.3 Å². The molecule has 1 atom stereocenters. The van der Waals surface area contributed by atoms with Crippen LogP contribution >= 0.6 is 11.3 Å². The van der Waals surface area contributed by atoms with E-state index in [1.165, 1.54) is 21.1 Å². The van der Waals surface area contributed by atoms with Gasteiger partial charge in [0.25, 0.3) is 0 Å². The molecule has 1 aromatic heterocycles. The molecular formula is C22H32N4OS. The van der Waals surface area contributed by atoms with E-state index in [2.05, 4.69) is 55.3 Å². The minimum Gasteiger partial charge on any atom is -0.497 e. The summed E-state index contributed by atoms with van der Waals surface area (Å²) in [4.78, 5) is 13.4. The highest BCUT2D eigenvalue weighted by molar-refractivity contribution is 7.11. The van der Waals surface area contributed by atoms with E-state index in [4.69, 9.17) is 14.7 Å². The molecule has 28 heavy (non-hydrogen) atoms. The van der Waals surface area contributed by atoms with Crippen LogP contribution in [0.3, 0.4) is 0 Å². The Labute approximate surface area is 172 Å². The van der Waals surface area contributed by atoms with E-state index in [-0.39, 0.29) is 0 Å². The van der Waals surface area contributed by atoms with E-state index in [0.29, 0.717) is 5.92 Å². The number of ether oxygens (including phenoxy) is 1. The van der Waals surface area contributed by atoms with Gasteiger partial charge in [-0.3, -0.25) is 4.99 Å². The molecular weight excluding hydrogens is 368 g/mol. The first-order valence-electron chi connectivity index (χ1n) is 10.3. The summed E-state index contributed by atoms with van der Waals surface area (Å²) in [6.45, 7) is 10.2. The van der Waals surface area contributed by atoms with Crippen LogP contribution in [0.2, 0.25) is 0 Å². The molecule has 0 spiro atoms. The van der Waals surface area contributed by atoms with E-state index < -0.39 is 0 Å². The Morgan fingerprint density at radius 3 is 2.75 bits per heavy atom. The second-order valence-corrected chi connectivity index (χ2v) is 8.44. The molecule has 1 aliphatic heterocycles. The second kappa shape index (κ2) is 9.92. The number of likely N-dealkylation sites (tertiary alicyclic amines) is 1. The van der Waals surface area contributed by atoms with Gasteiger partial charge in [0.2, 0.25) is 0 Å². The van der Waals surface area contributed by atoms with E-state index in [9.17, 15) is 0 Å². The Hall–Kier alpha value is -2.08.